The van der Waals surface area contributed by atoms with Crippen molar-refractivity contribution < 1.29 is 14.3 Å². The number of rotatable bonds is 5. The zero-order valence-corrected chi connectivity index (χ0v) is 14.5. The van der Waals surface area contributed by atoms with E-state index in [0.29, 0.717) is 24.5 Å². The van der Waals surface area contributed by atoms with Crippen molar-refractivity contribution >= 4 is 17.3 Å². The Balaban J connectivity index is 1.90. The second-order valence-corrected chi connectivity index (χ2v) is 6.20. The second-order valence-electron chi connectivity index (χ2n) is 6.20. The quantitative estimate of drug-likeness (QED) is 0.838. The molecule has 0 radical (unpaired) electrons. The number of ether oxygens (including phenoxy) is 1. The van der Waals surface area contributed by atoms with E-state index in [0.717, 1.165) is 38.8 Å². The molecule has 1 saturated heterocycles. The van der Waals surface area contributed by atoms with E-state index in [1.165, 1.54) is 0 Å². The molecule has 1 aliphatic rings. The van der Waals surface area contributed by atoms with Gasteiger partial charge in [-0.05, 0) is 25.0 Å². The summed E-state index contributed by atoms with van der Waals surface area (Å²) in [4.78, 5) is 31.6. The number of hydrogen-bond donors (Lipinski definition) is 1. The molecule has 0 bridgehead atoms. The fraction of sp³-hybridized carbons (Fsp3) is 0.500. The van der Waals surface area contributed by atoms with Crippen molar-refractivity contribution in [1.29, 1.82) is 0 Å². The van der Waals surface area contributed by atoms with Crippen LogP contribution in [0, 0.1) is 0 Å². The Bertz CT molecular complexity index is 748. The Morgan fingerprint density at radius 1 is 1.20 bits per heavy atom. The molecule has 2 aromatic rings. The molecule has 134 valence electrons. The maximum atomic E-state index is 13.0. The van der Waals surface area contributed by atoms with E-state index in [4.69, 9.17) is 4.74 Å². The van der Waals surface area contributed by atoms with E-state index in [9.17, 15) is 9.59 Å². The largest absolute Gasteiger partial charge is 0.383 e. The molecule has 7 nitrogen and oxygen atoms in total. The van der Waals surface area contributed by atoms with Crippen LogP contribution in [0.4, 0.5) is 0 Å². The molecule has 0 aromatic carbocycles. The minimum atomic E-state index is -0.296. The Morgan fingerprint density at radius 2 is 1.96 bits per heavy atom. The van der Waals surface area contributed by atoms with Crippen molar-refractivity contribution in [3.63, 3.8) is 0 Å². The lowest BCUT2D eigenvalue weighted by Crippen LogP contribution is -2.33. The number of pyridine rings is 1. The lowest BCUT2D eigenvalue weighted by atomic mass is 10.2. The molecule has 1 fully saturated rings. The molecule has 0 saturated carbocycles. The summed E-state index contributed by atoms with van der Waals surface area (Å²) in [5.74, 6) is -0.107. The number of aromatic nitrogens is 2. The lowest BCUT2D eigenvalue weighted by Gasteiger charge is -2.19. The predicted molar refractivity (Wildman–Crippen MR) is 93.8 cm³/mol. The number of hydrogen-bond acceptors (Lipinski definition) is 4. The van der Waals surface area contributed by atoms with Gasteiger partial charge >= 0.3 is 0 Å². The number of carbonyl (C=O) groups excluding carboxylic acids is 2. The van der Waals surface area contributed by atoms with Gasteiger partial charge < -0.3 is 15.0 Å². The molecular formula is C18H24N4O3. The molecule has 7 heteroatoms. The smallest absolute Gasteiger partial charge is 0.290 e. The first-order valence-electron chi connectivity index (χ1n) is 8.76. The monoisotopic (exact) mass is 344 g/mol. The summed E-state index contributed by atoms with van der Waals surface area (Å²) in [7, 11) is 1.58. The molecule has 3 heterocycles. The van der Waals surface area contributed by atoms with Crippen molar-refractivity contribution in [2.24, 2.45) is 0 Å². The molecule has 1 N–H and O–H groups in total. The molecule has 25 heavy (non-hydrogen) atoms. The van der Waals surface area contributed by atoms with Crippen molar-refractivity contribution in [1.82, 2.24) is 19.6 Å². The Morgan fingerprint density at radius 3 is 2.68 bits per heavy atom. The summed E-state index contributed by atoms with van der Waals surface area (Å²) >= 11 is 0. The zero-order chi connectivity index (χ0) is 17.6. The molecule has 0 aliphatic carbocycles. The topological polar surface area (TPSA) is 75.9 Å². The Kier molecular flexibility index (Phi) is 5.65. The maximum absolute atomic E-state index is 13.0. The third-order valence-corrected chi connectivity index (χ3v) is 4.44. The highest BCUT2D eigenvalue weighted by molar-refractivity contribution is 6.02. The molecular weight excluding hydrogens is 320 g/mol. The summed E-state index contributed by atoms with van der Waals surface area (Å²) in [5, 5.41) is 2.77. The van der Waals surface area contributed by atoms with E-state index in [-0.39, 0.29) is 17.5 Å². The van der Waals surface area contributed by atoms with Gasteiger partial charge in [-0.25, -0.2) is 4.98 Å². The third kappa shape index (κ3) is 3.82. The van der Waals surface area contributed by atoms with Crippen LogP contribution in [0.1, 0.15) is 46.8 Å². The number of amides is 2. The predicted octanol–water partition coefficient (Wildman–Crippen LogP) is 1.73. The number of likely N-dealkylation sites (tertiary alicyclic amines) is 1. The fourth-order valence-corrected chi connectivity index (χ4v) is 3.12. The first-order chi connectivity index (χ1) is 12.2. The van der Waals surface area contributed by atoms with Gasteiger partial charge in [-0.2, -0.15) is 0 Å². The van der Waals surface area contributed by atoms with Crippen LogP contribution in [0.2, 0.25) is 0 Å². The van der Waals surface area contributed by atoms with E-state index in [1.54, 1.807) is 23.8 Å². The van der Waals surface area contributed by atoms with Crippen LogP contribution < -0.4 is 5.32 Å². The molecule has 1 aliphatic heterocycles. The molecule has 0 unspecified atom stereocenters. The number of carbonyl (C=O) groups is 2. The first kappa shape index (κ1) is 17.4. The van der Waals surface area contributed by atoms with E-state index in [2.05, 4.69) is 10.3 Å². The summed E-state index contributed by atoms with van der Waals surface area (Å²) < 4.78 is 6.66. The number of fused-ring (bicyclic) bond motifs is 1. The number of nitrogens with zero attached hydrogens (tertiary/aromatic N) is 3. The summed E-state index contributed by atoms with van der Waals surface area (Å²) in [6, 6.07) is 5.47. The summed E-state index contributed by atoms with van der Waals surface area (Å²) in [6.07, 6.45) is 6.11. The summed E-state index contributed by atoms with van der Waals surface area (Å²) in [6.45, 7) is 2.32. The highest BCUT2D eigenvalue weighted by Gasteiger charge is 2.25. The van der Waals surface area contributed by atoms with Crippen LogP contribution in [0.15, 0.2) is 24.4 Å². The van der Waals surface area contributed by atoms with Crippen molar-refractivity contribution in [2.45, 2.75) is 25.7 Å². The second kappa shape index (κ2) is 8.11. The average molecular weight is 344 g/mol. The van der Waals surface area contributed by atoms with Crippen LogP contribution in [0.3, 0.4) is 0 Å². The minimum absolute atomic E-state index is 0.112. The number of methoxy groups -OCH3 is 1. The highest BCUT2D eigenvalue weighted by Crippen LogP contribution is 2.17. The lowest BCUT2D eigenvalue weighted by molar-refractivity contribution is 0.0748. The number of imidazole rings is 1. The standard InChI is InChI=1S/C18H24N4O3/c1-25-13-9-19-17(23)15-14-8-4-7-12-22(14)16(20-15)18(24)21-10-5-2-3-6-11-21/h4,7-8,12H,2-3,5-6,9-11,13H2,1H3,(H,19,23). The Labute approximate surface area is 147 Å². The van der Waals surface area contributed by atoms with Gasteiger partial charge in [0.1, 0.15) is 0 Å². The third-order valence-electron chi connectivity index (χ3n) is 4.44. The average Bonchev–Trinajstić information content (AvgIpc) is 2.81. The van der Waals surface area contributed by atoms with Crippen LogP contribution in [-0.4, -0.2) is 59.4 Å². The van der Waals surface area contributed by atoms with Crippen molar-refractivity contribution in [3.05, 3.63) is 35.9 Å². The van der Waals surface area contributed by atoms with Gasteiger partial charge in [0.2, 0.25) is 5.82 Å². The van der Waals surface area contributed by atoms with Gasteiger partial charge in [-0.3, -0.25) is 14.0 Å². The van der Waals surface area contributed by atoms with E-state index < -0.39 is 0 Å². The zero-order valence-electron chi connectivity index (χ0n) is 14.5. The van der Waals surface area contributed by atoms with Gasteiger partial charge in [0, 0.05) is 32.9 Å². The van der Waals surface area contributed by atoms with Crippen LogP contribution in [0.25, 0.3) is 5.52 Å². The first-order valence-corrected chi connectivity index (χ1v) is 8.76. The molecule has 0 atom stereocenters. The van der Waals surface area contributed by atoms with Crippen LogP contribution in [-0.2, 0) is 4.74 Å². The highest BCUT2D eigenvalue weighted by atomic mass is 16.5. The van der Waals surface area contributed by atoms with Gasteiger partial charge in [0.05, 0.1) is 12.1 Å². The summed E-state index contributed by atoms with van der Waals surface area (Å²) in [5.41, 5.74) is 0.908. The van der Waals surface area contributed by atoms with Gasteiger partial charge in [-0.15, -0.1) is 0 Å². The van der Waals surface area contributed by atoms with Gasteiger partial charge in [0.15, 0.2) is 5.69 Å². The van der Waals surface area contributed by atoms with Crippen molar-refractivity contribution in [3.8, 4) is 0 Å². The Hall–Kier alpha value is -2.41. The van der Waals surface area contributed by atoms with E-state index >= 15 is 0 Å². The molecule has 2 aromatic heterocycles. The molecule has 3 rings (SSSR count). The fourth-order valence-electron chi connectivity index (χ4n) is 3.12. The molecule has 0 spiro atoms. The minimum Gasteiger partial charge on any atom is -0.383 e. The van der Waals surface area contributed by atoms with Gasteiger partial charge in [-0.1, -0.05) is 18.9 Å². The number of nitrogens with one attached hydrogen (secondary N) is 1. The van der Waals surface area contributed by atoms with Crippen molar-refractivity contribution in [2.75, 3.05) is 33.4 Å². The van der Waals surface area contributed by atoms with Crippen LogP contribution >= 0.6 is 0 Å². The SMILES string of the molecule is COCCNC(=O)c1nc(C(=O)N2CCCCCC2)n2ccccc12. The molecule has 2 amide bonds. The maximum Gasteiger partial charge on any atom is 0.290 e. The van der Waals surface area contributed by atoms with Crippen LogP contribution in [0.5, 0.6) is 0 Å². The normalized spacial score (nSPS) is 15.2. The van der Waals surface area contributed by atoms with Gasteiger partial charge in [0.25, 0.3) is 11.8 Å². The van der Waals surface area contributed by atoms with E-state index in [1.807, 2.05) is 17.0 Å².